The minimum atomic E-state index is -0.0495. The molecule has 2 heterocycles. The van der Waals surface area contributed by atoms with Gasteiger partial charge in [-0.3, -0.25) is 9.78 Å². The highest BCUT2D eigenvalue weighted by Gasteiger charge is 2.14. The molecule has 5 heteroatoms. The number of rotatable bonds is 7. The number of hydrogen-bond donors (Lipinski definition) is 2. The van der Waals surface area contributed by atoms with Crippen molar-refractivity contribution >= 4 is 11.6 Å². The van der Waals surface area contributed by atoms with Crippen LogP contribution in [-0.4, -0.2) is 30.1 Å². The van der Waals surface area contributed by atoms with E-state index in [0.717, 1.165) is 37.0 Å². The van der Waals surface area contributed by atoms with Crippen LogP contribution in [0.5, 0.6) is 0 Å². The van der Waals surface area contributed by atoms with Gasteiger partial charge < -0.3 is 15.8 Å². The molecule has 0 aliphatic carbocycles. The molecule has 0 unspecified atom stereocenters. The average Bonchev–Trinajstić information content (AvgIpc) is 3.15. The Balaban J connectivity index is 1.50. The fraction of sp³-hybridized carbons (Fsp3) is 0.400. The number of hydrogen-bond acceptors (Lipinski definition) is 4. The van der Waals surface area contributed by atoms with E-state index in [2.05, 4.69) is 10.3 Å². The largest absolute Gasteiger partial charge is 0.397 e. The molecule has 3 rings (SSSR count). The minimum Gasteiger partial charge on any atom is -0.397 e. The Morgan fingerprint density at radius 2 is 2.24 bits per heavy atom. The highest BCUT2D eigenvalue weighted by atomic mass is 16.5. The molecule has 1 aromatic heterocycles. The molecule has 1 amide bonds. The van der Waals surface area contributed by atoms with E-state index in [4.69, 9.17) is 10.5 Å². The molecule has 1 fully saturated rings. The van der Waals surface area contributed by atoms with Crippen molar-refractivity contribution in [2.45, 2.75) is 38.2 Å². The molecular formula is C20H25N3O2. The molecule has 1 atom stereocenters. The summed E-state index contributed by atoms with van der Waals surface area (Å²) in [6, 6.07) is 9.37. The zero-order chi connectivity index (χ0) is 17.5. The number of carbonyl (C=O) groups is 1. The Morgan fingerprint density at radius 3 is 3.04 bits per heavy atom. The van der Waals surface area contributed by atoms with Gasteiger partial charge in [0.05, 0.1) is 18.0 Å². The summed E-state index contributed by atoms with van der Waals surface area (Å²) in [5.41, 5.74) is 9.03. The first-order valence-electron chi connectivity index (χ1n) is 8.94. The number of unbranched alkanes of at least 4 members (excludes halogenated alkanes) is 1. The van der Waals surface area contributed by atoms with Crippen LogP contribution >= 0.6 is 0 Å². The third-order valence-corrected chi connectivity index (χ3v) is 4.55. The smallest absolute Gasteiger partial charge is 0.251 e. The second kappa shape index (κ2) is 8.62. The molecule has 1 aliphatic heterocycles. The molecule has 0 radical (unpaired) electrons. The minimum absolute atomic E-state index is 0.0495. The van der Waals surface area contributed by atoms with E-state index in [9.17, 15) is 4.79 Å². The number of nitrogens with two attached hydrogens (primary N) is 1. The Morgan fingerprint density at radius 1 is 1.32 bits per heavy atom. The van der Waals surface area contributed by atoms with Crippen LogP contribution in [0.25, 0.3) is 11.1 Å². The Hall–Kier alpha value is -2.40. The maximum absolute atomic E-state index is 12.4. The van der Waals surface area contributed by atoms with Crippen LogP contribution in [0.15, 0.2) is 42.7 Å². The summed E-state index contributed by atoms with van der Waals surface area (Å²) in [4.78, 5) is 16.4. The summed E-state index contributed by atoms with van der Waals surface area (Å²) in [6.07, 6.45) is 9.26. The molecule has 5 nitrogen and oxygen atoms in total. The highest BCUT2D eigenvalue weighted by molar-refractivity contribution is 5.95. The van der Waals surface area contributed by atoms with Gasteiger partial charge in [-0.15, -0.1) is 0 Å². The molecule has 1 aliphatic rings. The van der Waals surface area contributed by atoms with E-state index < -0.39 is 0 Å². The molecule has 3 N–H and O–H groups in total. The molecule has 0 spiro atoms. The van der Waals surface area contributed by atoms with Crippen LogP contribution in [0.1, 0.15) is 42.5 Å². The summed E-state index contributed by atoms with van der Waals surface area (Å²) in [5, 5.41) is 2.99. The molecule has 2 aromatic rings. The zero-order valence-corrected chi connectivity index (χ0v) is 14.4. The van der Waals surface area contributed by atoms with Crippen molar-refractivity contribution in [1.29, 1.82) is 0 Å². The van der Waals surface area contributed by atoms with Gasteiger partial charge in [0.15, 0.2) is 0 Å². The maximum Gasteiger partial charge on any atom is 0.251 e. The van der Waals surface area contributed by atoms with E-state index in [-0.39, 0.29) is 5.91 Å². The quantitative estimate of drug-likeness (QED) is 0.758. The number of aromatic nitrogens is 1. The summed E-state index contributed by atoms with van der Waals surface area (Å²) >= 11 is 0. The first-order valence-corrected chi connectivity index (χ1v) is 8.94. The normalized spacial score (nSPS) is 16.7. The Kier molecular flexibility index (Phi) is 6.01. The lowest BCUT2D eigenvalue weighted by Crippen LogP contribution is -2.24. The molecule has 132 valence electrons. The van der Waals surface area contributed by atoms with Crippen molar-refractivity contribution in [3.63, 3.8) is 0 Å². The number of amides is 1. The number of anilines is 1. The molecular weight excluding hydrogens is 314 g/mol. The molecule has 1 aromatic carbocycles. The van der Waals surface area contributed by atoms with Crippen LogP contribution in [0, 0.1) is 0 Å². The van der Waals surface area contributed by atoms with Crippen molar-refractivity contribution in [3.05, 3.63) is 48.3 Å². The number of nitrogens with one attached hydrogen (secondary N) is 1. The second-order valence-corrected chi connectivity index (χ2v) is 6.43. The third-order valence-electron chi connectivity index (χ3n) is 4.55. The van der Waals surface area contributed by atoms with Crippen molar-refractivity contribution in [1.82, 2.24) is 10.3 Å². The van der Waals surface area contributed by atoms with E-state index in [0.29, 0.717) is 23.9 Å². The molecule has 25 heavy (non-hydrogen) atoms. The molecule has 1 saturated heterocycles. The summed E-state index contributed by atoms with van der Waals surface area (Å²) in [5.74, 6) is -0.0495. The van der Waals surface area contributed by atoms with Crippen molar-refractivity contribution < 1.29 is 9.53 Å². The fourth-order valence-corrected chi connectivity index (χ4v) is 3.17. The van der Waals surface area contributed by atoms with Crippen LogP contribution in [0.4, 0.5) is 5.69 Å². The van der Waals surface area contributed by atoms with Crippen LogP contribution in [0.3, 0.4) is 0 Å². The SMILES string of the molecule is Nc1cnccc1-c1cccc(C(=O)NCCCC[C@H]2CCCO2)c1. The average molecular weight is 339 g/mol. The van der Waals surface area contributed by atoms with E-state index in [1.807, 2.05) is 30.3 Å². The van der Waals surface area contributed by atoms with Crippen LogP contribution in [0.2, 0.25) is 0 Å². The number of ether oxygens (including phenoxy) is 1. The van der Waals surface area contributed by atoms with Gasteiger partial charge in [0.2, 0.25) is 0 Å². The van der Waals surface area contributed by atoms with Gasteiger partial charge in [0, 0.05) is 30.5 Å². The van der Waals surface area contributed by atoms with Gasteiger partial charge in [-0.2, -0.15) is 0 Å². The van der Waals surface area contributed by atoms with Crippen molar-refractivity contribution in [3.8, 4) is 11.1 Å². The predicted molar refractivity (Wildman–Crippen MR) is 99.2 cm³/mol. The summed E-state index contributed by atoms with van der Waals surface area (Å²) in [6.45, 7) is 1.59. The number of nitrogens with zero attached hydrogens (tertiary/aromatic N) is 1. The number of pyridine rings is 1. The Bertz CT molecular complexity index is 712. The fourth-order valence-electron chi connectivity index (χ4n) is 3.17. The van der Waals surface area contributed by atoms with Gasteiger partial charge in [-0.1, -0.05) is 12.1 Å². The Labute approximate surface area is 148 Å². The zero-order valence-electron chi connectivity index (χ0n) is 14.4. The van der Waals surface area contributed by atoms with Crippen LogP contribution in [-0.2, 0) is 4.74 Å². The first kappa shape index (κ1) is 17.4. The summed E-state index contributed by atoms with van der Waals surface area (Å²) in [7, 11) is 0. The van der Waals surface area contributed by atoms with Crippen molar-refractivity contribution in [2.24, 2.45) is 0 Å². The second-order valence-electron chi connectivity index (χ2n) is 6.43. The van der Waals surface area contributed by atoms with E-state index in [1.54, 1.807) is 12.4 Å². The monoisotopic (exact) mass is 339 g/mol. The van der Waals surface area contributed by atoms with Gasteiger partial charge in [0.25, 0.3) is 5.91 Å². The molecule has 0 bridgehead atoms. The van der Waals surface area contributed by atoms with Crippen molar-refractivity contribution in [2.75, 3.05) is 18.9 Å². The van der Waals surface area contributed by atoms with Gasteiger partial charge >= 0.3 is 0 Å². The lowest BCUT2D eigenvalue weighted by atomic mass is 10.0. The standard InChI is InChI=1S/C20H25N3O2/c21-19-14-22-11-9-18(19)15-5-3-6-16(13-15)20(24)23-10-2-1-7-17-8-4-12-25-17/h3,5-6,9,11,13-14,17H,1-2,4,7-8,10,12,21H2,(H,23,24)/t17-/m0/s1. The van der Waals surface area contributed by atoms with Gasteiger partial charge in [-0.25, -0.2) is 0 Å². The van der Waals surface area contributed by atoms with Gasteiger partial charge in [-0.05, 0) is 55.9 Å². The summed E-state index contributed by atoms with van der Waals surface area (Å²) < 4.78 is 5.61. The van der Waals surface area contributed by atoms with Crippen LogP contribution < -0.4 is 11.1 Å². The third kappa shape index (κ3) is 4.79. The number of benzene rings is 1. The maximum atomic E-state index is 12.4. The highest BCUT2D eigenvalue weighted by Crippen LogP contribution is 2.25. The predicted octanol–water partition coefficient (Wildman–Crippen LogP) is 3.41. The number of carbonyl (C=O) groups excluding carboxylic acids is 1. The first-order chi connectivity index (χ1) is 12.2. The van der Waals surface area contributed by atoms with E-state index in [1.165, 1.54) is 12.8 Å². The topological polar surface area (TPSA) is 77.2 Å². The molecule has 0 saturated carbocycles. The lowest BCUT2D eigenvalue weighted by Gasteiger charge is -2.10. The lowest BCUT2D eigenvalue weighted by molar-refractivity contribution is 0.0947. The number of nitrogen functional groups attached to an aromatic ring is 1. The van der Waals surface area contributed by atoms with E-state index >= 15 is 0 Å². The van der Waals surface area contributed by atoms with Gasteiger partial charge in [0.1, 0.15) is 0 Å².